The van der Waals surface area contributed by atoms with Crippen LogP contribution in [0.2, 0.25) is 0 Å². The smallest absolute Gasteiger partial charge is 0.0172 e. The molecule has 0 aromatic carbocycles. The topological polar surface area (TPSA) is 0 Å². The molecule has 0 radical (unpaired) electrons. The first kappa shape index (κ1) is 9.93. The highest BCUT2D eigenvalue weighted by molar-refractivity contribution is 5.20. The van der Waals surface area contributed by atoms with Gasteiger partial charge in [0, 0.05) is 0 Å². The molecule has 0 heterocycles. The molecule has 1 unspecified atom stereocenters. The Labute approximate surface area is 94.1 Å². The van der Waals surface area contributed by atoms with Crippen molar-refractivity contribution in [3.63, 3.8) is 0 Å². The quantitative estimate of drug-likeness (QED) is 0.517. The highest BCUT2D eigenvalue weighted by Crippen LogP contribution is 2.70. The van der Waals surface area contributed by atoms with Gasteiger partial charge in [0.2, 0.25) is 0 Å². The average Bonchev–Trinajstić information content (AvgIpc) is 2.55. The fourth-order valence-electron chi connectivity index (χ4n) is 4.93. The predicted octanol–water partition coefficient (Wildman–Crippen LogP) is 4.27. The Hall–Kier alpha value is -0.260. The standard InChI is InChI=1S/C15H24/c1-9-6-8-12-14(15(12,3)4)13-10(2)5-7-11(9)13/h10-14H,1,5-8H2,2-4H3/t10?,11-,12+,13+,14+/m1/s1. The van der Waals surface area contributed by atoms with Gasteiger partial charge in [0.25, 0.3) is 0 Å². The second-order valence-corrected chi connectivity index (χ2v) is 6.89. The summed E-state index contributed by atoms with van der Waals surface area (Å²) in [7, 11) is 0. The first-order valence-electron chi connectivity index (χ1n) is 6.71. The number of rotatable bonds is 0. The maximum Gasteiger partial charge on any atom is -0.0172 e. The summed E-state index contributed by atoms with van der Waals surface area (Å²) in [5.74, 6) is 4.87. The fourth-order valence-corrected chi connectivity index (χ4v) is 4.93. The lowest BCUT2D eigenvalue weighted by Crippen LogP contribution is -2.18. The Morgan fingerprint density at radius 3 is 2.67 bits per heavy atom. The van der Waals surface area contributed by atoms with Gasteiger partial charge in [0.1, 0.15) is 0 Å². The van der Waals surface area contributed by atoms with Gasteiger partial charge in [-0.15, -0.1) is 0 Å². The molecule has 0 bridgehead atoms. The van der Waals surface area contributed by atoms with E-state index in [2.05, 4.69) is 27.4 Å². The fraction of sp³-hybridized carbons (Fsp3) is 0.867. The van der Waals surface area contributed by atoms with E-state index in [1.165, 1.54) is 25.7 Å². The lowest BCUT2D eigenvalue weighted by Gasteiger charge is -2.25. The van der Waals surface area contributed by atoms with E-state index in [9.17, 15) is 0 Å². The Balaban J connectivity index is 1.93. The Bertz CT molecular complexity index is 299. The summed E-state index contributed by atoms with van der Waals surface area (Å²) in [6.45, 7) is 11.8. The van der Waals surface area contributed by atoms with Crippen LogP contribution >= 0.6 is 0 Å². The first-order valence-corrected chi connectivity index (χ1v) is 6.71. The molecule has 0 aromatic rings. The summed E-state index contributed by atoms with van der Waals surface area (Å²) in [6, 6.07) is 0. The van der Waals surface area contributed by atoms with Gasteiger partial charge in [-0.1, -0.05) is 32.9 Å². The van der Waals surface area contributed by atoms with E-state index in [4.69, 9.17) is 0 Å². The third kappa shape index (κ3) is 1.20. The maximum atomic E-state index is 4.35. The van der Waals surface area contributed by atoms with Crippen LogP contribution in [-0.4, -0.2) is 0 Å². The van der Waals surface area contributed by atoms with Crippen LogP contribution in [0.15, 0.2) is 12.2 Å². The Morgan fingerprint density at radius 2 is 1.93 bits per heavy atom. The molecule has 3 fully saturated rings. The van der Waals surface area contributed by atoms with Crippen LogP contribution in [-0.2, 0) is 0 Å². The molecule has 3 rings (SSSR count). The summed E-state index contributed by atoms with van der Waals surface area (Å²) in [5.41, 5.74) is 2.25. The lowest BCUT2D eigenvalue weighted by molar-refractivity contribution is 0.280. The van der Waals surface area contributed by atoms with Crippen molar-refractivity contribution in [1.29, 1.82) is 0 Å². The molecule has 0 N–H and O–H groups in total. The normalized spacial score (nSPS) is 51.9. The van der Waals surface area contributed by atoms with Gasteiger partial charge < -0.3 is 0 Å². The molecule has 15 heavy (non-hydrogen) atoms. The molecule has 84 valence electrons. The highest BCUT2D eigenvalue weighted by atomic mass is 14.7. The molecule has 3 aliphatic rings. The monoisotopic (exact) mass is 204 g/mol. The van der Waals surface area contributed by atoms with Crippen LogP contribution in [0.5, 0.6) is 0 Å². The zero-order valence-corrected chi connectivity index (χ0v) is 10.4. The summed E-state index contributed by atoms with van der Waals surface area (Å²) >= 11 is 0. The minimum Gasteiger partial charge on any atom is -0.0996 e. The van der Waals surface area contributed by atoms with Crippen molar-refractivity contribution in [1.82, 2.24) is 0 Å². The van der Waals surface area contributed by atoms with Crippen molar-refractivity contribution >= 4 is 0 Å². The summed E-state index contributed by atoms with van der Waals surface area (Å²) < 4.78 is 0. The van der Waals surface area contributed by atoms with Crippen molar-refractivity contribution in [2.75, 3.05) is 0 Å². The van der Waals surface area contributed by atoms with E-state index in [0.717, 1.165) is 29.6 Å². The van der Waals surface area contributed by atoms with Crippen LogP contribution < -0.4 is 0 Å². The number of hydrogen-bond acceptors (Lipinski definition) is 0. The molecule has 0 amide bonds. The number of hydrogen-bond donors (Lipinski definition) is 0. The molecular weight excluding hydrogens is 180 g/mol. The minimum atomic E-state index is 0.655. The van der Waals surface area contributed by atoms with Crippen LogP contribution in [0, 0.1) is 35.0 Å². The third-order valence-electron chi connectivity index (χ3n) is 5.91. The van der Waals surface area contributed by atoms with E-state index in [-0.39, 0.29) is 0 Å². The largest absolute Gasteiger partial charge is 0.0996 e. The van der Waals surface area contributed by atoms with Gasteiger partial charge in [-0.3, -0.25) is 0 Å². The SMILES string of the molecule is C=C1CC[C@H]2[C@@H]([C@H]3C(C)CC[C@H]13)C2(C)C. The van der Waals surface area contributed by atoms with Crippen LogP contribution in [0.3, 0.4) is 0 Å². The van der Waals surface area contributed by atoms with E-state index >= 15 is 0 Å². The van der Waals surface area contributed by atoms with Crippen molar-refractivity contribution in [2.45, 2.75) is 46.5 Å². The molecule has 3 aliphatic carbocycles. The van der Waals surface area contributed by atoms with Gasteiger partial charge in [0.05, 0.1) is 0 Å². The molecule has 5 atom stereocenters. The highest BCUT2D eigenvalue weighted by Gasteiger charge is 2.64. The maximum absolute atomic E-state index is 4.35. The van der Waals surface area contributed by atoms with Gasteiger partial charge in [0.15, 0.2) is 0 Å². The van der Waals surface area contributed by atoms with Crippen LogP contribution in [0.4, 0.5) is 0 Å². The van der Waals surface area contributed by atoms with Crippen LogP contribution in [0.25, 0.3) is 0 Å². The van der Waals surface area contributed by atoms with Gasteiger partial charge >= 0.3 is 0 Å². The third-order valence-corrected chi connectivity index (χ3v) is 5.91. The molecule has 0 saturated heterocycles. The van der Waals surface area contributed by atoms with Gasteiger partial charge in [-0.05, 0) is 60.7 Å². The van der Waals surface area contributed by atoms with E-state index in [1.54, 1.807) is 5.57 Å². The first-order chi connectivity index (χ1) is 7.03. The van der Waals surface area contributed by atoms with Gasteiger partial charge in [-0.25, -0.2) is 0 Å². The number of fused-ring (bicyclic) bond motifs is 3. The summed E-state index contributed by atoms with van der Waals surface area (Å²) in [4.78, 5) is 0. The van der Waals surface area contributed by atoms with Crippen LogP contribution in [0.1, 0.15) is 46.5 Å². The lowest BCUT2D eigenvalue weighted by atomic mass is 9.80. The second kappa shape index (κ2) is 2.90. The molecule has 0 nitrogen and oxygen atoms in total. The Kier molecular flexibility index (Phi) is 1.92. The van der Waals surface area contributed by atoms with Crippen molar-refractivity contribution in [2.24, 2.45) is 35.0 Å². The van der Waals surface area contributed by atoms with Crippen molar-refractivity contribution < 1.29 is 0 Å². The Morgan fingerprint density at radius 1 is 1.20 bits per heavy atom. The van der Waals surface area contributed by atoms with Crippen molar-refractivity contribution in [3.8, 4) is 0 Å². The van der Waals surface area contributed by atoms with Crippen molar-refractivity contribution in [3.05, 3.63) is 12.2 Å². The number of allylic oxidation sites excluding steroid dienone is 1. The van der Waals surface area contributed by atoms with Gasteiger partial charge in [-0.2, -0.15) is 0 Å². The predicted molar refractivity (Wildman–Crippen MR) is 64.5 cm³/mol. The molecule has 0 heteroatoms. The minimum absolute atomic E-state index is 0.655. The zero-order chi connectivity index (χ0) is 10.8. The molecule has 0 aromatic heterocycles. The summed E-state index contributed by atoms with van der Waals surface area (Å²) in [6.07, 6.45) is 5.63. The van der Waals surface area contributed by atoms with E-state index in [1.807, 2.05) is 0 Å². The molecular formula is C15H24. The molecule has 0 aliphatic heterocycles. The zero-order valence-electron chi connectivity index (χ0n) is 10.4. The average molecular weight is 204 g/mol. The molecule has 3 saturated carbocycles. The second-order valence-electron chi connectivity index (χ2n) is 6.89. The molecule has 0 spiro atoms. The van der Waals surface area contributed by atoms with E-state index < -0.39 is 0 Å². The van der Waals surface area contributed by atoms with E-state index in [0.29, 0.717) is 5.41 Å². The summed E-state index contributed by atoms with van der Waals surface area (Å²) in [5, 5.41) is 0.